The lowest BCUT2D eigenvalue weighted by atomic mass is 10.1. The van der Waals surface area contributed by atoms with Crippen LogP contribution in [-0.2, 0) is 62.6 Å². The Morgan fingerprint density at radius 1 is 0.355 bits per heavy atom. The van der Waals surface area contributed by atoms with Crippen LogP contribution in [-0.4, -0.2) is 91.3 Å². The molecule has 0 bridgehead atoms. The van der Waals surface area contributed by atoms with Gasteiger partial charge < -0.3 is 46.4 Å². The second-order valence-corrected chi connectivity index (χ2v) is 27.8. The number of hydrogen-bond acceptors (Lipinski definition) is 21. The largest absolute Gasteiger partial charge is 0.495 e. The van der Waals surface area contributed by atoms with Gasteiger partial charge in [-0.3, -0.25) is 4.79 Å². The number of thiophene rings is 4. The fourth-order valence-electron chi connectivity index (χ4n) is 11.8. The van der Waals surface area contributed by atoms with Crippen molar-refractivity contribution in [1.29, 1.82) is 0 Å². The number of aliphatic carboxylic acids is 1. The molecule has 0 amide bonds. The maximum atomic E-state index is 11.2. The van der Waals surface area contributed by atoms with E-state index in [-0.39, 0.29) is 23.1 Å². The summed E-state index contributed by atoms with van der Waals surface area (Å²) in [6.07, 6.45) is 6.63. The maximum absolute atomic E-state index is 11.2. The van der Waals surface area contributed by atoms with Gasteiger partial charge in [0.2, 0.25) is 0 Å². The van der Waals surface area contributed by atoms with E-state index in [2.05, 4.69) is 76.7 Å². The number of methoxy groups -OCH3 is 1. The highest BCUT2D eigenvalue weighted by atomic mass is 32.1. The molecule has 548 valence electrons. The molecule has 13 aromatic rings. The van der Waals surface area contributed by atoms with Crippen LogP contribution in [0, 0.1) is 0 Å². The summed E-state index contributed by atoms with van der Waals surface area (Å²) in [5.74, 6) is 2.78. The Morgan fingerprint density at radius 2 is 0.682 bits per heavy atom. The minimum Gasteiger partial charge on any atom is -0.495 e. The Bertz CT molecular complexity index is 5200. The summed E-state index contributed by atoms with van der Waals surface area (Å²) >= 11 is 6.46. The monoisotopic (exact) mass is 1510 g/mol. The summed E-state index contributed by atoms with van der Waals surface area (Å²) in [6.45, 7) is 16.7. The van der Waals surface area contributed by atoms with Gasteiger partial charge in [-0.25, -0.2) is 54.3 Å². The SMILES string of the molecule is CCc1nc(-c2cccs2)nc(Nc2ccc(C(=O)O)cc2)c1CC.CCc1nc(-c2cccs2)nc(Nc2ccc(C(=O)O)cc2OC)c1CC.CCc1nc(-c2cccs2)nc(Nc2ccc(CC(=O)O)cc2)c1CC.CCc1nc(-c2cccs2)nc(Nc2ccc3cc(C(=O)O)ccc3c2)c1CC. The highest BCUT2D eigenvalue weighted by Crippen LogP contribution is 2.36. The number of ether oxygens (including phenoxy) is 1. The van der Waals surface area contributed by atoms with E-state index in [9.17, 15) is 29.4 Å². The highest BCUT2D eigenvalue weighted by Gasteiger charge is 2.21. The summed E-state index contributed by atoms with van der Waals surface area (Å²) in [6, 6.07) is 45.9. The molecular formula is C82H82N12O9S4. The summed E-state index contributed by atoms with van der Waals surface area (Å²) in [5, 5.41) is 59.7. The van der Waals surface area contributed by atoms with Gasteiger partial charge in [0.25, 0.3) is 0 Å². The van der Waals surface area contributed by atoms with Crippen molar-refractivity contribution in [1.82, 2.24) is 39.9 Å². The van der Waals surface area contributed by atoms with Crippen molar-refractivity contribution >= 4 is 126 Å². The normalized spacial score (nSPS) is 10.7. The average molecular weight is 1510 g/mol. The summed E-state index contributed by atoms with van der Waals surface area (Å²) in [7, 11) is 1.52. The number of aromatic carboxylic acids is 3. The molecule has 0 aliphatic rings. The molecular weight excluding hydrogens is 1430 g/mol. The molecule has 5 aromatic carbocycles. The molecule has 0 spiro atoms. The van der Waals surface area contributed by atoms with Gasteiger partial charge in [0.15, 0.2) is 23.3 Å². The van der Waals surface area contributed by atoms with Crippen molar-refractivity contribution < 1.29 is 44.3 Å². The van der Waals surface area contributed by atoms with Gasteiger partial charge in [-0.2, -0.15) is 0 Å². The van der Waals surface area contributed by atoms with Gasteiger partial charge in [-0.05, 0) is 192 Å². The van der Waals surface area contributed by atoms with E-state index in [0.717, 1.165) is 178 Å². The van der Waals surface area contributed by atoms with Gasteiger partial charge in [0.05, 0.1) is 55.4 Å². The zero-order valence-electron chi connectivity index (χ0n) is 60.6. The van der Waals surface area contributed by atoms with E-state index in [1.807, 2.05) is 119 Å². The van der Waals surface area contributed by atoms with E-state index in [1.54, 1.807) is 93.9 Å². The Balaban J connectivity index is 0.000000153. The minimum atomic E-state index is -0.996. The molecule has 0 aliphatic carbocycles. The van der Waals surface area contributed by atoms with Crippen molar-refractivity contribution in [3.63, 3.8) is 0 Å². The molecule has 0 radical (unpaired) electrons. The third-order valence-electron chi connectivity index (χ3n) is 17.1. The number of nitrogens with one attached hydrogen (secondary N) is 4. The van der Waals surface area contributed by atoms with E-state index < -0.39 is 23.9 Å². The first-order valence-electron chi connectivity index (χ1n) is 35.0. The molecule has 21 nitrogen and oxygen atoms in total. The van der Waals surface area contributed by atoms with Crippen molar-refractivity contribution in [3.8, 4) is 48.6 Å². The van der Waals surface area contributed by atoms with Gasteiger partial charge in [-0.1, -0.05) is 104 Å². The smallest absolute Gasteiger partial charge is 0.335 e. The van der Waals surface area contributed by atoms with Crippen molar-refractivity contribution in [2.75, 3.05) is 28.4 Å². The minimum absolute atomic E-state index is 0.0243. The molecule has 0 fully saturated rings. The zero-order valence-corrected chi connectivity index (χ0v) is 63.9. The Kier molecular flexibility index (Phi) is 27.2. The second-order valence-electron chi connectivity index (χ2n) is 24.0. The highest BCUT2D eigenvalue weighted by molar-refractivity contribution is 7.14. The molecule has 0 saturated carbocycles. The van der Waals surface area contributed by atoms with Crippen LogP contribution in [0.3, 0.4) is 0 Å². The number of aromatic nitrogens is 8. The number of benzene rings is 5. The molecule has 25 heteroatoms. The maximum Gasteiger partial charge on any atom is 0.335 e. The number of carbonyl (C=O) groups is 4. The van der Waals surface area contributed by atoms with E-state index in [0.29, 0.717) is 28.9 Å². The Labute approximate surface area is 636 Å². The van der Waals surface area contributed by atoms with Crippen LogP contribution in [0.4, 0.5) is 46.0 Å². The van der Waals surface area contributed by atoms with E-state index in [1.165, 1.54) is 13.2 Å². The standard InChI is InChI=1S/C23H21N3O2S.C20H21N3O3S.C20H21N3O2S.C19H19N3O2S/c1-3-18-19(4-2)25-22(20-6-5-11-29-20)26-21(18)24-17-10-9-14-12-16(23(27)28)8-7-15(14)13-17;1-4-13-14(5-2)21-19(17-7-6-10-27-17)23-18(13)22-15-9-8-12(20(24)25)11-16(15)26-3;1-3-15-16(4-2)22-20(17-6-5-11-26-17)23-19(15)21-14-9-7-13(8-10-14)12-18(24)25;1-3-14-15(4-2)21-18(16-6-5-11-25-16)22-17(14)20-13-9-7-12(8-10-13)19(23)24/h5-13H,3-4H2,1-2H3,(H,27,28)(H,24,25,26);6-11H,4-5H2,1-3H3,(H,24,25)(H,21,22,23);5-11H,3-4,12H2,1-2H3,(H,24,25)(H,21,22,23);5-11H,3-4H2,1-2H3,(H,23,24)(H,20,21,22). The molecule has 13 rings (SSSR count). The number of nitrogens with zero attached hydrogens (tertiary/aromatic N) is 8. The number of hydrogen-bond donors (Lipinski definition) is 8. The van der Waals surface area contributed by atoms with Crippen LogP contribution >= 0.6 is 45.3 Å². The predicted octanol–water partition coefficient (Wildman–Crippen LogP) is 20.2. The van der Waals surface area contributed by atoms with Gasteiger partial charge in [-0.15, -0.1) is 45.3 Å². The van der Waals surface area contributed by atoms with Crippen LogP contribution in [0.15, 0.2) is 173 Å². The predicted molar refractivity (Wildman–Crippen MR) is 432 cm³/mol. The number of rotatable bonds is 26. The zero-order chi connectivity index (χ0) is 76.1. The van der Waals surface area contributed by atoms with Crippen LogP contribution < -0.4 is 26.0 Å². The summed E-state index contributed by atoms with van der Waals surface area (Å²) in [4.78, 5) is 86.3. The van der Waals surface area contributed by atoms with Crippen LogP contribution in [0.5, 0.6) is 5.75 Å². The Hall–Kier alpha value is -11.6. The van der Waals surface area contributed by atoms with Crippen LogP contribution in [0.25, 0.3) is 53.6 Å². The van der Waals surface area contributed by atoms with Gasteiger partial charge in [0, 0.05) is 62.1 Å². The summed E-state index contributed by atoms with van der Waals surface area (Å²) in [5.41, 5.74) is 13.3. The Morgan fingerprint density at radius 3 is 1.03 bits per heavy atom. The number of aryl methyl sites for hydroxylation is 4. The molecule has 0 atom stereocenters. The first-order valence-corrected chi connectivity index (χ1v) is 38.5. The topological polar surface area (TPSA) is 310 Å². The molecule has 0 aliphatic heterocycles. The average Bonchev–Trinajstić information content (AvgIpc) is 1.45. The second kappa shape index (κ2) is 37.4. The lowest BCUT2D eigenvalue weighted by Crippen LogP contribution is -2.08. The van der Waals surface area contributed by atoms with Crippen LogP contribution in [0.1, 0.15) is 137 Å². The van der Waals surface area contributed by atoms with Crippen molar-refractivity contribution in [2.45, 2.75) is 113 Å². The van der Waals surface area contributed by atoms with Gasteiger partial charge >= 0.3 is 23.9 Å². The third kappa shape index (κ3) is 19.9. The fourth-order valence-corrected chi connectivity index (χ4v) is 14.4. The summed E-state index contributed by atoms with van der Waals surface area (Å²) < 4.78 is 5.37. The van der Waals surface area contributed by atoms with E-state index in [4.69, 9.17) is 54.8 Å². The fraction of sp³-hybridized carbons (Fsp3) is 0.220. The van der Waals surface area contributed by atoms with Crippen molar-refractivity contribution in [2.24, 2.45) is 0 Å². The van der Waals surface area contributed by atoms with E-state index >= 15 is 0 Å². The first kappa shape index (κ1) is 78.0. The molecule has 0 saturated heterocycles. The van der Waals surface area contributed by atoms with Crippen LogP contribution in [0.2, 0.25) is 0 Å². The molecule has 8 N–H and O–H groups in total. The number of anilines is 8. The molecule has 0 unspecified atom stereocenters. The lowest BCUT2D eigenvalue weighted by molar-refractivity contribution is -0.136. The van der Waals surface area contributed by atoms with Crippen molar-refractivity contribution in [3.05, 3.63) is 240 Å². The number of fused-ring (bicyclic) bond motifs is 1. The molecule has 8 heterocycles. The number of carboxylic acid groups (broad SMARTS) is 4. The first-order chi connectivity index (χ1) is 51.9. The lowest BCUT2D eigenvalue weighted by Gasteiger charge is -2.16. The molecule has 8 aromatic heterocycles. The number of carboxylic acids is 4. The third-order valence-corrected chi connectivity index (χ3v) is 20.6. The quantitative estimate of drug-likeness (QED) is 0.0250. The van der Waals surface area contributed by atoms with Gasteiger partial charge in [0.1, 0.15) is 29.0 Å². The molecule has 107 heavy (non-hydrogen) atoms.